The Morgan fingerprint density at radius 3 is 3.07 bits per heavy atom. The predicted octanol–water partition coefficient (Wildman–Crippen LogP) is 2.51. The summed E-state index contributed by atoms with van der Waals surface area (Å²) in [5.41, 5.74) is 4.89. The maximum absolute atomic E-state index is 11.5. The van der Waals surface area contributed by atoms with Gasteiger partial charge in [0, 0.05) is 12.0 Å². The largest absolute Gasteiger partial charge is 0.454 e. The van der Waals surface area contributed by atoms with E-state index in [1.54, 1.807) is 0 Å². The van der Waals surface area contributed by atoms with Crippen LogP contribution in [0.4, 0.5) is 0 Å². The molecule has 1 unspecified atom stereocenters. The van der Waals surface area contributed by atoms with Crippen molar-refractivity contribution in [1.29, 1.82) is 0 Å². The fourth-order valence-electron chi connectivity index (χ4n) is 2.17. The number of esters is 1. The van der Waals surface area contributed by atoms with Crippen LogP contribution in [0.2, 0.25) is 0 Å². The second-order valence-electron chi connectivity index (χ2n) is 3.75. The summed E-state index contributed by atoms with van der Waals surface area (Å²) in [6.45, 7) is 3.51. The summed E-state index contributed by atoms with van der Waals surface area (Å²) >= 11 is 0. The SMILES string of the molecule is C=C=CCC1OC(=O)C2=C1CCCC2. The van der Waals surface area contributed by atoms with Gasteiger partial charge in [0.15, 0.2) is 0 Å². The molecule has 0 saturated heterocycles. The summed E-state index contributed by atoms with van der Waals surface area (Å²) in [5, 5.41) is 0. The van der Waals surface area contributed by atoms with Crippen molar-refractivity contribution in [2.75, 3.05) is 0 Å². The van der Waals surface area contributed by atoms with Gasteiger partial charge < -0.3 is 4.74 Å². The van der Waals surface area contributed by atoms with Gasteiger partial charge in [0.05, 0.1) is 0 Å². The quantitative estimate of drug-likeness (QED) is 0.494. The van der Waals surface area contributed by atoms with Gasteiger partial charge in [0.2, 0.25) is 0 Å². The monoisotopic (exact) mass is 190 g/mol. The lowest BCUT2D eigenvalue weighted by Crippen LogP contribution is -2.10. The molecule has 1 heterocycles. The summed E-state index contributed by atoms with van der Waals surface area (Å²) < 4.78 is 5.30. The lowest BCUT2D eigenvalue weighted by molar-refractivity contribution is -0.139. The van der Waals surface area contributed by atoms with Crippen LogP contribution in [0.25, 0.3) is 0 Å². The van der Waals surface area contributed by atoms with E-state index in [1.807, 2.05) is 6.08 Å². The van der Waals surface area contributed by atoms with Crippen molar-refractivity contribution in [3.63, 3.8) is 0 Å². The minimum absolute atomic E-state index is 0.0213. The Bertz CT molecular complexity index is 332. The molecule has 1 atom stereocenters. The molecule has 0 radical (unpaired) electrons. The second kappa shape index (κ2) is 3.85. The maximum Gasteiger partial charge on any atom is 0.334 e. The molecule has 0 N–H and O–H groups in total. The van der Waals surface area contributed by atoms with E-state index in [9.17, 15) is 4.79 Å². The van der Waals surface area contributed by atoms with Crippen molar-refractivity contribution in [2.24, 2.45) is 0 Å². The summed E-state index contributed by atoms with van der Waals surface area (Å²) in [7, 11) is 0. The fourth-order valence-corrected chi connectivity index (χ4v) is 2.17. The van der Waals surface area contributed by atoms with Crippen molar-refractivity contribution in [3.05, 3.63) is 29.5 Å². The highest BCUT2D eigenvalue weighted by atomic mass is 16.5. The number of rotatable bonds is 2. The Morgan fingerprint density at radius 2 is 2.29 bits per heavy atom. The molecule has 0 bridgehead atoms. The van der Waals surface area contributed by atoms with E-state index in [2.05, 4.69) is 12.3 Å². The molecule has 1 aliphatic heterocycles. The lowest BCUT2D eigenvalue weighted by Gasteiger charge is -2.14. The van der Waals surface area contributed by atoms with E-state index in [4.69, 9.17) is 4.74 Å². The fraction of sp³-hybridized carbons (Fsp3) is 0.500. The van der Waals surface area contributed by atoms with Gasteiger partial charge >= 0.3 is 5.97 Å². The molecule has 2 nitrogen and oxygen atoms in total. The Kier molecular flexibility index (Phi) is 2.55. The van der Waals surface area contributed by atoms with E-state index in [-0.39, 0.29) is 12.1 Å². The normalized spacial score (nSPS) is 25.4. The van der Waals surface area contributed by atoms with Crippen LogP contribution < -0.4 is 0 Å². The van der Waals surface area contributed by atoms with E-state index in [0.717, 1.165) is 31.3 Å². The highest BCUT2D eigenvalue weighted by molar-refractivity contribution is 5.92. The first-order valence-corrected chi connectivity index (χ1v) is 5.10. The average Bonchev–Trinajstić information content (AvgIpc) is 2.54. The third kappa shape index (κ3) is 1.53. The molecule has 2 aliphatic rings. The first kappa shape index (κ1) is 9.29. The van der Waals surface area contributed by atoms with Crippen LogP contribution in [-0.4, -0.2) is 12.1 Å². The summed E-state index contributed by atoms with van der Waals surface area (Å²) in [6.07, 6.45) is 6.78. The summed E-state index contributed by atoms with van der Waals surface area (Å²) in [5.74, 6) is -0.0952. The predicted molar refractivity (Wildman–Crippen MR) is 53.7 cm³/mol. The molecular weight excluding hydrogens is 176 g/mol. The van der Waals surface area contributed by atoms with Crippen LogP contribution in [0.1, 0.15) is 32.1 Å². The highest BCUT2D eigenvalue weighted by Gasteiger charge is 2.33. The molecule has 2 heteroatoms. The molecule has 0 fully saturated rings. The van der Waals surface area contributed by atoms with Crippen LogP contribution >= 0.6 is 0 Å². The Labute approximate surface area is 83.9 Å². The van der Waals surface area contributed by atoms with Gasteiger partial charge in [-0.15, -0.1) is 5.73 Å². The molecule has 0 saturated carbocycles. The third-order valence-electron chi connectivity index (χ3n) is 2.87. The zero-order chi connectivity index (χ0) is 9.97. The van der Waals surface area contributed by atoms with Crippen LogP contribution in [0.15, 0.2) is 29.5 Å². The molecule has 0 aromatic rings. The molecule has 14 heavy (non-hydrogen) atoms. The standard InChI is InChI=1S/C12H14O2/c1-2-3-8-11-9-6-4-5-7-10(9)12(13)14-11/h3,11H,1,4-8H2. The molecule has 1 aliphatic carbocycles. The Balaban J connectivity index is 2.18. The van der Waals surface area contributed by atoms with Crippen molar-refractivity contribution >= 4 is 5.97 Å². The Hall–Kier alpha value is -1.27. The minimum Gasteiger partial charge on any atom is -0.454 e. The summed E-state index contributed by atoms with van der Waals surface area (Å²) in [4.78, 5) is 11.5. The number of carbonyl (C=O) groups is 1. The molecular formula is C12H14O2. The Morgan fingerprint density at radius 1 is 1.50 bits per heavy atom. The van der Waals surface area contributed by atoms with Crippen molar-refractivity contribution in [1.82, 2.24) is 0 Å². The highest BCUT2D eigenvalue weighted by Crippen LogP contribution is 2.35. The van der Waals surface area contributed by atoms with E-state index in [0.29, 0.717) is 0 Å². The molecule has 0 amide bonds. The van der Waals surface area contributed by atoms with Gasteiger partial charge in [-0.3, -0.25) is 0 Å². The van der Waals surface area contributed by atoms with Crippen LogP contribution in [0, 0.1) is 0 Å². The van der Waals surface area contributed by atoms with Gasteiger partial charge in [-0.25, -0.2) is 4.79 Å². The first-order valence-electron chi connectivity index (χ1n) is 5.10. The number of cyclic esters (lactones) is 1. The average molecular weight is 190 g/mol. The maximum atomic E-state index is 11.5. The van der Waals surface area contributed by atoms with Crippen LogP contribution in [-0.2, 0) is 9.53 Å². The van der Waals surface area contributed by atoms with Gasteiger partial charge in [0.1, 0.15) is 6.10 Å². The molecule has 74 valence electrons. The van der Waals surface area contributed by atoms with Crippen molar-refractivity contribution in [2.45, 2.75) is 38.2 Å². The molecule has 0 aromatic heterocycles. The van der Waals surface area contributed by atoms with E-state index in [1.165, 1.54) is 12.0 Å². The van der Waals surface area contributed by atoms with Gasteiger partial charge in [-0.1, -0.05) is 6.58 Å². The smallest absolute Gasteiger partial charge is 0.334 e. The first-order chi connectivity index (χ1) is 6.83. The molecule has 2 rings (SSSR count). The van der Waals surface area contributed by atoms with E-state index >= 15 is 0 Å². The third-order valence-corrected chi connectivity index (χ3v) is 2.87. The second-order valence-corrected chi connectivity index (χ2v) is 3.75. The number of hydrogen-bond donors (Lipinski definition) is 0. The minimum atomic E-state index is -0.0952. The number of carbonyl (C=O) groups excluding carboxylic acids is 1. The topological polar surface area (TPSA) is 26.3 Å². The van der Waals surface area contributed by atoms with Gasteiger partial charge in [-0.2, -0.15) is 0 Å². The number of ether oxygens (including phenoxy) is 1. The van der Waals surface area contributed by atoms with E-state index < -0.39 is 0 Å². The summed E-state index contributed by atoms with van der Waals surface area (Å²) in [6, 6.07) is 0. The molecule has 0 spiro atoms. The molecule has 0 aromatic carbocycles. The zero-order valence-electron chi connectivity index (χ0n) is 8.21. The van der Waals surface area contributed by atoms with Gasteiger partial charge in [0.25, 0.3) is 0 Å². The zero-order valence-corrected chi connectivity index (χ0v) is 8.21. The van der Waals surface area contributed by atoms with Crippen LogP contribution in [0.3, 0.4) is 0 Å². The lowest BCUT2D eigenvalue weighted by atomic mass is 9.89. The van der Waals surface area contributed by atoms with Crippen molar-refractivity contribution < 1.29 is 9.53 Å². The van der Waals surface area contributed by atoms with Gasteiger partial charge in [-0.05, 0) is 37.3 Å². The van der Waals surface area contributed by atoms with Crippen molar-refractivity contribution in [3.8, 4) is 0 Å². The van der Waals surface area contributed by atoms with Crippen LogP contribution in [0.5, 0.6) is 0 Å². The number of hydrogen-bond acceptors (Lipinski definition) is 2.